The molecule has 1 saturated heterocycles. The molecule has 0 bridgehead atoms. The largest absolute Gasteiger partial charge is 0.327 e. The van der Waals surface area contributed by atoms with Gasteiger partial charge in [-0.2, -0.15) is 0 Å². The topological polar surface area (TPSA) is 40.6 Å². The fourth-order valence-electron chi connectivity index (χ4n) is 3.10. The molecule has 3 rings (SSSR count). The number of hydrogen-bond acceptors (Lipinski definition) is 2. The minimum Gasteiger partial charge on any atom is -0.313 e. The third-order valence-corrected chi connectivity index (χ3v) is 4.47. The minimum absolute atomic E-state index is 0.0104. The molecule has 2 fully saturated rings. The summed E-state index contributed by atoms with van der Waals surface area (Å²) in [5, 5.41) is 0. The Morgan fingerprint density at radius 3 is 2.29 bits per heavy atom. The molecule has 0 atom stereocenters. The Morgan fingerprint density at radius 2 is 1.76 bits per heavy atom. The lowest BCUT2D eigenvalue weighted by atomic mass is 9.75. The van der Waals surface area contributed by atoms with E-state index in [0.717, 1.165) is 18.4 Å². The van der Waals surface area contributed by atoms with Crippen LogP contribution in [0, 0.1) is 5.82 Å². The van der Waals surface area contributed by atoms with E-state index in [9.17, 15) is 14.0 Å². The van der Waals surface area contributed by atoms with E-state index in [1.54, 1.807) is 17.0 Å². The average molecular weight is 290 g/mol. The second kappa shape index (κ2) is 5.13. The summed E-state index contributed by atoms with van der Waals surface area (Å²) in [4.78, 5) is 27.3. The maximum Gasteiger partial charge on any atom is 0.327 e. The van der Waals surface area contributed by atoms with E-state index < -0.39 is 0 Å². The normalized spacial score (nSPS) is 25.7. The van der Waals surface area contributed by atoms with Crippen molar-refractivity contribution in [2.75, 3.05) is 6.54 Å². The molecule has 0 N–H and O–H groups in total. The van der Waals surface area contributed by atoms with Crippen molar-refractivity contribution in [1.82, 2.24) is 9.80 Å². The van der Waals surface area contributed by atoms with Gasteiger partial charge in [-0.15, -0.1) is 0 Å². The molecular weight excluding hydrogens is 271 g/mol. The number of halogens is 1. The van der Waals surface area contributed by atoms with E-state index in [-0.39, 0.29) is 36.4 Å². The zero-order valence-corrected chi connectivity index (χ0v) is 12.3. The molecule has 0 aromatic heterocycles. The Bertz CT molecular complexity index is 564. The summed E-state index contributed by atoms with van der Waals surface area (Å²) < 4.78 is 12.9. The van der Waals surface area contributed by atoms with Gasteiger partial charge in [-0.3, -0.25) is 9.69 Å². The van der Waals surface area contributed by atoms with Crippen molar-refractivity contribution in [3.63, 3.8) is 0 Å². The predicted molar refractivity (Wildman–Crippen MR) is 76.2 cm³/mol. The van der Waals surface area contributed by atoms with Crippen molar-refractivity contribution >= 4 is 11.9 Å². The van der Waals surface area contributed by atoms with Crippen molar-refractivity contribution in [2.45, 2.75) is 44.7 Å². The van der Waals surface area contributed by atoms with Gasteiger partial charge in [0.1, 0.15) is 12.4 Å². The van der Waals surface area contributed by atoms with Crippen LogP contribution in [-0.4, -0.2) is 40.4 Å². The summed E-state index contributed by atoms with van der Waals surface area (Å²) in [6, 6.07) is 6.33. The van der Waals surface area contributed by atoms with Gasteiger partial charge < -0.3 is 4.90 Å². The zero-order chi connectivity index (χ0) is 15.1. The molecule has 1 heterocycles. The Kier molecular flexibility index (Phi) is 3.43. The van der Waals surface area contributed by atoms with E-state index in [4.69, 9.17) is 0 Å². The minimum atomic E-state index is -0.243. The third-order valence-electron chi connectivity index (χ3n) is 4.47. The summed E-state index contributed by atoms with van der Waals surface area (Å²) in [5.41, 5.74) is 1.08. The molecule has 0 spiro atoms. The maximum atomic E-state index is 12.9. The first-order valence-electron chi connectivity index (χ1n) is 7.35. The first-order valence-corrected chi connectivity index (χ1v) is 7.35. The summed E-state index contributed by atoms with van der Waals surface area (Å²) in [7, 11) is 0. The highest BCUT2D eigenvalue weighted by Gasteiger charge is 2.46. The Morgan fingerprint density at radius 1 is 1.14 bits per heavy atom. The number of amides is 3. The molecule has 21 heavy (non-hydrogen) atoms. The number of hydrogen-bond donors (Lipinski definition) is 0. The van der Waals surface area contributed by atoms with Gasteiger partial charge in [-0.1, -0.05) is 12.1 Å². The number of benzene rings is 1. The lowest BCUT2D eigenvalue weighted by Crippen LogP contribution is -2.48. The van der Waals surface area contributed by atoms with Gasteiger partial charge in [-0.25, -0.2) is 9.18 Å². The Hall–Kier alpha value is -1.91. The highest BCUT2D eigenvalue weighted by Crippen LogP contribution is 2.41. The second-order valence-electron chi connectivity index (χ2n) is 6.14. The first-order chi connectivity index (χ1) is 9.97. The SMILES string of the molecule is CC(C)N1CC(=O)N(C2CC(c3ccc(F)cc3)C2)C1=O. The van der Waals surface area contributed by atoms with Gasteiger partial charge in [0.2, 0.25) is 0 Å². The van der Waals surface area contributed by atoms with Crippen LogP contribution in [0.15, 0.2) is 24.3 Å². The number of carbonyl (C=O) groups is 2. The molecule has 5 heteroatoms. The maximum absolute atomic E-state index is 12.9. The van der Waals surface area contributed by atoms with Crippen LogP contribution >= 0.6 is 0 Å². The van der Waals surface area contributed by atoms with Crippen LogP contribution in [0.25, 0.3) is 0 Å². The van der Waals surface area contributed by atoms with Gasteiger partial charge in [-0.05, 0) is 50.3 Å². The van der Waals surface area contributed by atoms with Crippen LogP contribution in [0.2, 0.25) is 0 Å². The molecule has 1 aliphatic heterocycles. The number of carbonyl (C=O) groups excluding carboxylic acids is 2. The van der Waals surface area contributed by atoms with Crippen LogP contribution in [0.4, 0.5) is 9.18 Å². The molecule has 1 aliphatic carbocycles. The Labute approximate surface area is 123 Å². The summed E-state index contributed by atoms with van der Waals surface area (Å²) in [6.07, 6.45) is 1.55. The van der Waals surface area contributed by atoms with Crippen molar-refractivity contribution < 1.29 is 14.0 Å². The number of urea groups is 1. The summed E-state index contributed by atoms with van der Waals surface area (Å²) >= 11 is 0. The molecule has 1 saturated carbocycles. The van der Waals surface area contributed by atoms with Crippen LogP contribution in [0.5, 0.6) is 0 Å². The quantitative estimate of drug-likeness (QED) is 0.803. The fourth-order valence-corrected chi connectivity index (χ4v) is 3.10. The van der Waals surface area contributed by atoms with Gasteiger partial charge in [0.25, 0.3) is 5.91 Å². The van der Waals surface area contributed by atoms with Crippen LogP contribution < -0.4 is 0 Å². The van der Waals surface area contributed by atoms with Crippen molar-refractivity contribution in [3.8, 4) is 0 Å². The van der Waals surface area contributed by atoms with Gasteiger partial charge in [0, 0.05) is 12.1 Å². The highest BCUT2D eigenvalue weighted by molar-refractivity contribution is 6.02. The number of imide groups is 1. The van der Waals surface area contributed by atoms with E-state index >= 15 is 0 Å². The fraction of sp³-hybridized carbons (Fsp3) is 0.500. The monoisotopic (exact) mass is 290 g/mol. The van der Waals surface area contributed by atoms with Crippen LogP contribution in [0.3, 0.4) is 0 Å². The van der Waals surface area contributed by atoms with Gasteiger partial charge in [0.15, 0.2) is 0 Å². The first kappa shape index (κ1) is 14.0. The summed E-state index contributed by atoms with van der Waals surface area (Å²) in [6.45, 7) is 4.02. The summed E-state index contributed by atoms with van der Waals surface area (Å²) in [5.74, 6) is -0.0346. The van der Waals surface area contributed by atoms with Crippen LogP contribution in [-0.2, 0) is 4.79 Å². The predicted octanol–water partition coefficient (Wildman–Crippen LogP) is 2.74. The number of rotatable bonds is 3. The molecule has 1 aromatic rings. The van der Waals surface area contributed by atoms with E-state index in [2.05, 4.69) is 0 Å². The molecule has 2 aliphatic rings. The zero-order valence-electron chi connectivity index (χ0n) is 12.3. The average Bonchev–Trinajstić information content (AvgIpc) is 2.67. The lowest BCUT2D eigenvalue weighted by molar-refractivity contribution is -0.128. The molecule has 3 amide bonds. The molecule has 4 nitrogen and oxygen atoms in total. The van der Waals surface area contributed by atoms with E-state index in [0.29, 0.717) is 5.92 Å². The molecular formula is C16H19FN2O2. The van der Waals surface area contributed by atoms with E-state index in [1.165, 1.54) is 17.0 Å². The molecule has 1 aromatic carbocycles. The molecule has 112 valence electrons. The van der Waals surface area contributed by atoms with Crippen molar-refractivity contribution in [2.24, 2.45) is 0 Å². The lowest BCUT2D eigenvalue weighted by Gasteiger charge is -2.40. The molecule has 0 unspecified atom stereocenters. The second-order valence-corrected chi connectivity index (χ2v) is 6.14. The standard InChI is InChI=1S/C16H19FN2O2/c1-10(2)18-9-15(20)19(16(18)21)14-7-12(8-14)11-3-5-13(17)6-4-11/h3-6,10,12,14H,7-9H2,1-2H3. The van der Waals surface area contributed by atoms with Gasteiger partial charge >= 0.3 is 6.03 Å². The van der Waals surface area contributed by atoms with E-state index in [1.807, 2.05) is 13.8 Å². The third kappa shape index (κ3) is 2.41. The highest BCUT2D eigenvalue weighted by atomic mass is 19.1. The van der Waals surface area contributed by atoms with Crippen LogP contribution in [0.1, 0.15) is 38.2 Å². The Balaban J connectivity index is 1.65. The van der Waals surface area contributed by atoms with Crippen molar-refractivity contribution in [1.29, 1.82) is 0 Å². The smallest absolute Gasteiger partial charge is 0.313 e. The van der Waals surface area contributed by atoms with Crippen molar-refractivity contribution in [3.05, 3.63) is 35.6 Å². The number of nitrogens with zero attached hydrogens (tertiary/aromatic N) is 2. The molecule has 0 radical (unpaired) electrons. The van der Waals surface area contributed by atoms with Gasteiger partial charge in [0.05, 0.1) is 0 Å².